The van der Waals surface area contributed by atoms with E-state index in [1.54, 1.807) is 0 Å². The van der Waals surface area contributed by atoms with E-state index in [2.05, 4.69) is 33.5 Å². The largest absolute Gasteiger partial charge is 0.412 e. The minimum absolute atomic E-state index is 0.0752. The van der Waals surface area contributed by atoms with Gasteiger partial charge in [0.2, 0.25) is 0 Å². The van der Waals surface area contributed by atoms with Crippen LogP contribution in [0.2, 0.25) is 19.6 Å². The summed E-state index contributed by atoms with van der Waals surface area (Å²) in [5, 5.41) is 0. The molecule has 4 aliphatic rings. The normalized spacial score (nSPS) is 46.9. The van der Waals surface area contributed by atoms with Crippen LogP contribution in [-0.4, -0.2) is 19.7 Å². The summed E-state index contributed by atoms with van der Waals surface area (Å²) in [6.07, 6.45) is 11.7. The number of hydrogen-bond acceptors (Lipinski definition) is 2. The molecule has 2 unspecified atom stereocenters. The van der Waals surface area contributed by atoms with E-state index in [1.807, 2.05) is 6.08 Å². The summed E-state index contributed by atoms with van der Waals surface area (Å²) in [6.45, 7) is 12.0. The summed E-state index contributed by atoms with van der Waals surface area (Å²) in [5.74, 6) is 3.61. The lowest BCUT2D eigenvalue weighted by Crippen LogP contribution is -2.55. The Labute approximate surface area is 154 Å². The summed E-state index contributed by atoms with van der Waals surface area (Å²) in [6, 6.07) is 0. The summed E-state index contributed by atoms with van der Waals surface area (Å²) < 4.78 is 6.84. The predicted molar refractivity (Wildman–Crippen MR) is 105 cm³/mol. The quantitative estimate of drug-likeness (QED) is 0.587. The van der Waals surface area contributed by atoms with Gasteiger partial charge in [0.25, 0.3) is 0 Å². The summed E-state index contributed by atoms with van der Waals surface area (Å²) in [7, 11) is -1.54. The smallest absolute Gasteiger partial charge is 0.184 e. The fraction of sp³-hybridized carbons (Fsp3) is 0.864. The first-order valence-corrected chi connectivity index (χ1v) is 14.0. The van der Waals surface area contributed by atoms with Crippen molar-refractivity contribution in [1.29, 1.82) is 0 Å². The lowest BCUT2D eigenvalue weighted by atomic mass is 9.51. The lowest BCUT2D eigenvalue weighted by molar-refractivity contribution is -0.117. The van der Waals surface area contributed by atoms with Crippen LogP contribution in [0, 0.1) is 29.1 Å². The van der Waals surface area contributed by atoms with Crippen LogP contribution in [-0.2, 0) is 9.22 Å². The van der Waals surface area contributed by atoms with Gasteiger partial charge >= 0.3 is 0 Å². The topological polar surface area (TPSA) is 26.3 Å². The molecule has 3 saturated carbocycles. The maximum atomic E-state index is 11.8. The van der Waals surface area contributed by atoms with Crippen molar-refractivity contribution in [3.8, 4) is 0 Å². The lowest BCUT2D eigenvalue weighted by Gasteiger charge is -2.57. The van der Waals surface area contributed by atoms with Gasteiger partial charge in [0.1, 0.15) is 0 Å². The minimum atomic E-state index is -1.54. The van der Waals surface area contributed by atoms with Crippen LogP contribution >= 0.6 is 0 Å². The molecule has 3 fully saturated rings. The Balaban J connectivity index is 1.60. The van der Waals surface area contributed by atoms with Gasteiger partial charge in [0.05, 0.1) is 5.60 Å². The molecule has 2 nitrogen and oxygen atoms in total. The predicted octanol–water partition coefficient (Wildman–Crippen LogP) is 5.74. The maximum Gasteiger partial charge on any atom is 0.184 e. The Morgan fingerprint density at radius 1 is 1.00 bits per heavy atom. The van der Waals surface area contributed by atoms with Crippen molar-refractivity contribution in [2.24, 2.45) is 29.1 Å². The highest BCUT2D eigenvalue weighted by Crippen LogP contribution is 2.66. The zero-order valence-electron chi connectivity index (χ0n) is 16.9. The molecule has 0 saturated heterocycles. The van der Waals surface area contributed by atoms with E-state index in [4.69, 9.17) is 4.43 Å². The van der Waals surface area contributed by atoms with Crippen LogP contribution in [0.25, 0.3) is 0 Å². The van der Waals surface area contributed by atoms with Gasteiger partial charge < -0.3 is 4.43 Å². The fourth-order valence-corrected chi connectivity index (χ4v) is 8.94. The van der Waals surface area contributed by atoms with Gasteiger partial charge in [-0.1, -0.05) is 12.5 Å². The van der Waals surface area contributed by atoms with Crippen molar-refractivity contribution < 1.29 is 9.22 Å². The van der Waals surface area contributed by atoms with Gasteiger partial charge in [0, 0.05) is 6.42 Å². The minimum Gasteiger partial charge on any atom is -0.412 e. The number of rotatable bonds is 2. The second kappa shape index (κ2) is 5.79. The molecular formula is C22H36O2Si. The van der Waals surface area contributed by atoms with E-state index in [0.717, 1.165) is 30.6 Å². The molecule has 3 heteroatoms. The standard InChI is InChI=1S/C22H36O2Si/c1-21-12-10-18-17-9-7-16(23)14-15(17)6-8-19(18)20(21)11-13-22(21,2)24-25(3,4)5/h14,17-20H,6-13H2,1-5H3/t17?,18-,19?,20+,21+,22+/m1/s1. The van der Waals surface area contributed by atoms with Crippen molar-refractivity contribution in [1.82, 2.24) is 0 Å². The van der Waals surface area contributed by atoms with E-state index < -0.39 is 8.32 Å². The molecule has 0 aliphatic heterocycles. The first-order valence-electron chi connectivity index (χ1n) is 10.6. The maximum absolute atomic E-state index is 11.8. The molecule has 140 valence electrons. The van der Waals surface area contributed by atoms with Gasteiger partial charge in [-0.2, -0.15) is 0 Å². The Kier molecular flexibility index (Phi) is 4.16. The van der Waals surface area contributed by atoms with Gasteiger partial charge in [-0.25, -0.2) is 0 Å². The molecule has 0 heterocycles. The summed E-state index contributed by atoms with van der Waals surface area (Å²) in [4.78, 5) is 11.8. The van der Waals surface area contributed by atoms with E-state index in [1.165, 1.54) is 44.1 Å². The van der Waals surface area contributed by atoms with Gasteiger partial charge in [-0.3, -0.25) is 4.79 Å². The van der Waals surface area contributed by atoms with Gasteiger partial charge in [-0.05, 0) is 107 Å². The van der Waals surface area contributed by atoms with Gasteiger partial charge in [0.15, 0.2) is 14.1 Å². The van der Waals surface area contributed by atoms with Crippen molar-refractivity contribution in [3.05, 3.63) is 11.6 Å². The molecule has 25 heavy (non-hydrogen) atoms. The summed E-state index contributed by atoms with van der Waals surface area (Å²) >= 11 is 0. The van der Waals surface area contributed by atoms with E-state index >= 15 is 0 Å². The zero-order valence-corrected chi connectivity index (χ0v) is 17.9. The molecule has 0 bridgehead atoms. The van der Waals surface area contributed by atoms with Crippen molar-refractivity contribution in [2.75, 3.05) is 0 Å². The Morgan fingerprint density at radius 3 is 2.48 bits per heavy atom. The van der Waals surface area contributed by atoms with Crippen LogP contribution in [0.1, 0.15) is 65.2 Å². The van der Waals surface area contributed by atoms with Crippen LogP contribution in [0.15, 0.2) is 11.6 Å². The Morgan fingerprint density at radius 2 is 1.76 bits per heavy atom. The number of hydrogen-bond donors (Lipinski definition) is 0. The number of fused-ring (bicyclic) bond motifs is 5. The fourth-order valence-electron chi connectivity index (χ4n) is 7.25. The summed E-state index contributed by atoms with van der Waals surface area (Å²) in [5.41, 5.74) is 1.92. The molecule has 4 aliphatic carbocycles. The Bertz CT molecular complexity index is 604. The number of carbonyl (C=O) groups is 1. The highest BCUT2D eigenvalue weighted by atomic mass is 28.4. The van der Waals surface area contributed by atoms with Crippen molar-refractivity contribution >= 4 is 14.1 Å². The number of allylic oxidation sites excluding steroid dienone is 1. The Hall–Kier alpha value is -0.413. The zero-order chi connectivity index (χ0) is 18.0. The first-order chi connectivity index (χ1) is 11.6. The monoisotopic (exact) mass is 360 g/mol. The van der Waals surface area contributed by atoms with Crippen LogP contribution in [0.3, 0.4) is 0 Å². The van der Waals surface area contributed by atoms with E-state index in [0.29, 0.717) is 17.1 Å². The third-order valence-electron chi connectivity index (χ3n) is 8.36. The first kappa shape index (κ1) is 18.0. The average Bonchev–Trinajstić information content (AvgIpc) is 2.76. The van der Waals surface area contributed by atoms with Crippen LogP contribution in [0.4, 0.5) is 0 Å². The van der Waals surface area contributed by atoms with Gasteiger partial charge in [-0.15, -0.1) is 0 Å². The molecule has 0 N–H and O–H groups in total. The van der Waals surface area contributed by atoms with Crippen LogP contribution in [0.5, 0.6) is 0 Å². The molecule has 0 radical (unpaired) electrons. The highest BCUT2D eigenvalue weighted by Gasteiger charge is 2.62. The third-order valence-corrected chi connectivity index (χ3v) is 9.42. The molecule has 0 amide bonds. The number of carbonyl (C=O) groups excluding carboxylic acids is 1. The van der Waals surface area contributed by atoms with Crippen molar-refractivity contribution in [3.63, 3.8) is 0 Å². The molecule has 0 aromatic carbocycles. The SMILES string of the molecule is C[C@]12CC[C@@H]3C4CCC(=O)C=C4CCC3[C@@H]1CC[C@]2(C)O[Si](C)(C)C. The van der Waals surface area contributed by atoms with E-state index in [9.17, 15) is 4.79 Å². The molecule has 4 rings (SSSR count). The highest BCUT2D eigenvalue weighted by molar-refractivity contribution is 6.69. The molecule has 6 atom stereocenters. The molecule has 0 spiro atoms. The average molecular weight is 361 g/mol. The second-order valence-electron chi connectivity index (χ2n) is 10.7. The third kappa shape index (κ3) is 2.81. The van der Waals surface area contributed by atoms with E-state index in [-0.39, 0.29) is 5.60 Å². The number of ketones is 1. The van der Waals surface area contributed by atoms with Crippen molar-refractivity contribution in [2.45, 2.75) is 90.5 Å². The second-order valence-corrected chi connectivity index (χ2v) is 15.2. The van der Waals surface area contributed by atoms with Crippen LogP contribution < -0.4 is 0 Å². The molecular weight excluding hydrogens is 324 g/mol. The molecule has 0 aromatic rings. The molecule has 0 aromatic heterocycles.